The van der Waals surface area contributed by atoms with Crippen LogP contribution in [0.5, 0.6) is 0 Å². The standard InChI is InChI=1S/C16H25N3O/c1-13-4-6-15(7-5-13)14(2)18(3)16(20)12-19-10-8-17-9-11-19/h4-7,14,17H,8-12H2,1-3H3. The molecular weight excluding hydrogens is 250 g/mol. The van der Waals surface area contributed by atoms with E-state index in [9.17, 15) is 4.79 Å². The molecule has 0 radical (unpaired) electrons. The summed E-state index contributed by atoms with van der Waals surface area (Å²) < 4.78 is 0. The molecule has 1 aromatic carbocycles. The molecule has 1 aliphatic rings. The number of hydrogen-bond donors (Lipinski definition) is 1. The normalized spacial score (nSPS) is 17.8. The summed E-state index contributed by atoms with van der Waals surface area (Å²) in [5.41, 5.74) is 2.43. The fraction of sp³-hybridized carbons (Fsp3) is 0.562. The molecule has 4 nitrogen and oxygen atoms in total. The summed E-state index contributed by atoms with van der Waals surface area (Å²) in [4.78, 5) is 16.4. The monoisotopic (exact) mass is 275 g/mol. The Kier molecular flexibility index (Phi) is 5.15. The minimum atomic E-state index is 0.117. The van der Waals surface area contributed by atoms with E-state index in [1.54, 1.807) is 0 Å². The predicted molar refractivity (Wildman–Crippen MR) is 81.7 cm³/mol. The first kappa shape index (κ1) is 15.0. The number of hydrogen-bond acceptors (Lipinski definition) is 3. The van der Waals surface area contributed by atoms with Gasteiger partial charge in [-0.3, -0.25) is 9.69 Å². The van der Waals surface area contributed by atoms with Crippen molar-refractivity contribution in [2.24, 2.45) is 0 Å². The van der Waals surface area contributed by atoms with Crippen molar-refractivity contribution in [3.63, 3.8) is 0 Å². The van der Waals surface area contributed by atoms with E-state index in [1.807, 2.05) is 11.9 Å². The van der Waals surface area contributed by atoms with Crippen molar-refractivity contribution in [3.8, 4) is 0 Å². The summed E-state index contributed by atoms with van der Waals surface area (Å²) in [7, 11) is 1.90. The topological polar surface area (TPSA) is 35.6 Å². The Morgan fingerprint density at radius 2 is 1.90 bits per heavy atom. The smallest absolute Gasteiger partial charge is 0.236 e. The number of rotatable bonds is 4. The van der Waals surface area contributed by atoms with Crippen molar-refractivity contribution in [3.05, 3.63) is 35.4 Å². The quantitative estimate of drug-likeness (QED) is 0.903. The number of likely N-dealkylation sites (N-methyl/N-ethyl adjacent to an activating group) is 1. The maximum atomic E-state index is 12.4. The van der Waals surface area contributed by atoms with Gasteiger partial charge in [0.1, 0.15) is 0 Å². The van der Waals surface area contributed by atoms with E-state index < -0.39 is 0 Å². The first-order valence-electron chi connectivity index (χ1n) is 7.33. The van der Waals surface area contributed by atoms with Crippen molar-refractivity contribution in [2.45, 2.75) is 19.9 Å². The molecule has 0 aromatic heterocycles. The number of benzene rings is 1. The van der Waals surface area contributed by atoms with E-state index in [1.165, 1.54) is 11.1 Å². The van der Waals surface area contributed by atoms with Crippen LogP contribution in [0.3, 0.4) is 0 Å². The summed E-state index contributed by atoms with van der Waals surface area (Å²) in [6.07, 6.45) is 0. The van der Waals surface area contributed by atoms with Crippen LogP contribution in [0.25, 0.3) is 0 Å². The van der Waals surface area contributed by atoms with Gasteiger partial charge in [-0.15, -0.1) is 0 Å². The lowest BCUT2D eigenvalue weighted by atomic mass is 10.1. The first-order chi connectivity index (χ1) is 9.58. The van der Waals surface area contributed by atoms with Crippen LogP contribution in [0.1, 0.15) is 24.1 Å². The summed E-state index contributed by atoms with van der Waals surface area (Å²) in [6, 6.07) is 8.52. The van der Waals surface area contributed by atoms with Gasteiger partial charge in [0.25, 0.3) is 0 Å². The number of carbonyl (C=O) groups excluding carboxylic acids is 1. The van der Waals surface area contributed by atoms with Gasteiger partial charge in [0.2, 0.25) is 5.91 Å². The molecule has 0 aliphatic carbocycles. The van der Waals surface area contributed by atoms with Crippen LogP contribution in [0.4, 0.5) is 0 Å². The molecule has 0 spiro atoms. The highest BCUT2D eigenvalue weighted by Crippen LogP contribution is 2.19. The number of nitrogens with one attached hydrogen (secondary N) is 1. The molecule has 20 heavy (non-hydrogen) atoms. The van der Waals surface area contributed by atoms with Crippen molar-refractivity contribution < 1.29 is 4.79 Å². The molecule has 2 rings (SSSR count). The highest BCUT2D eigenvalue weighted by molar-refractivity contribution is 5.78. The molecule has 1 unspecified atom stereocenters. The van der Waals surface area contributed by atoms with Crippen LogP contribution < -0.4 is 5.32 Å². The molecule has 1 saturated heterocycles. The molecule has 4 heteroatoms. The molecule has 1 fully saturated rings. The maximum absolute atomic E-state index is 12.4. The third-order valence-corrected chi connectivity index (χ3v) is 4.10. The van der Waals surface area contributed by atoms with E-state index in [0.29, 0.717) is 6.54 Å². The van der Waals surface area contributed by atoms with Crippen molar-refractivity contribution in [1.82, 2.24) is 15.1 Å². The van der Waals surface area contributed by atoms with Gasteiger partial charge in [-0.05, 0) is 19.4 Å². The second kappa shape index (κ2) is 6.86. The van der Waals surface area contributed by atoms with Crippen LogP contribution in [0.15, 0.2) is 24.3 Å². The molecule has 0 bridgehead atoms. The van der Waals surface area contributed by atoms with Crippen LogP contribution in [-0.2, 0) is 4.79 Å². The van der Waals surface area contributed by atoms with E-state index in [2.05, 4.69) is 48.3 Å². The van der Waals surface area contributed by atoms with Crippen molar-refractivity contribution in [1.29, 1.82) is 0 Å². The van der Waals surface area contributed by atoms with Gasteiger partial charge < -0.3 is 10.2 Å². The third kappa shape index (κ3) is 3.81. The lowest BCUT2D eigenvalue weighted by Gasteiger charge is -2.31. The fourth-order valence-corrected chi connectivity index (χ4v) is 2.46. The zero-order valence-corrected chi connectivity index (χ0v) is 12.7. The van der Waals surface area contributed by atoms with Gasteiger partial charge in [-0.1, -0.05) is 29.8 Å². The zero-order valence-electron chi connectivity index (χ0n) is 12.7. The van der Waals surface area contributed by atoms with Gasteiger partial charge in [0.05, 0.1) is 12.6 Å². The summed E-state index contributed by atoms with van der Waals surface area (Å²) >= 11 is 0. The minimum absolute atomic E-state index is 0.117. The molecule has 1 aliphatic heterocycles. The van der Waals surface area contributed by atoms with Crippen LogP contribution in [-0.4, -0.2) is 55.5 Å². The zero-order chi connectivity index (χ0) is 14.5. The van der Waals surface area contributed by atoms with Gasteiger partial charge in [-0.2, -0.15) is 0 Å². The Bertz CT molecular complexity index is 438. The van der Waals surface area contributed by atoms with E-state index in [0.717, 1.165) is 26.2 Å². The predicted octanol–water partition coefficient (Wildman–Crippen LogP) is 1.42. The van der Waals surface area contributed by atoms with E-state index >= 15 is 0 Å². The molecule has 1 amide bonds. The lowest BCUT2D eigenvalue weighted by molar-refractivity contribution is -0.133. The molecule has 1 N–H and O–H groups in total. The Labute approximate surface area is 121 Å². The number of aryl methyl sites for hydroxylation is 1. The highest BCUT2D eigenvalue weighted by atomic mass is 16.2. The summed E-state index contributed by atoms with van der Waals surface area (Å²) in [5, 5.41) is 3.30. The van der Waals surface area contributed by atoms with Crippen molar-refractivity contribution >= 4 is 5.91 Å². The Balaban J connectivity index is 1.93. The largest absolute Gasteiger partial charge is 0.338 e. The molecule has 1 heterocycles. The van der Waals surface area contributed by atoms with Crippen LogP contribution >= 0.6 is 0 Å². The molecule has 1 atom stereocenters. The van der Waals surface area contributed by atoms with Crippen LogP contribution in [0, 0.1) is 6.92 Å². The van der Waals surface area contributed by atoms with E-state index in [-0.39, 0.29) is 11.9 Å². The lowest BCUT2D eigenvalue weighted by Crippen LogP contribution is -2.48. The summed E-state index contributed by atoms with van der Waals surface area (Å²) in [6.45, 7) is 8.55. The molecule has 0 saturated carbocycles. The number of piperazine rings is 1. The number of amides is 1. The SMILES string of the molecule is Cc1ccc(C(C)N(C)C(=O)CN2CCNCC2)cc1. The van der Waals surface area contributed by atoms with Gasteiger partial charge in [0, 0.05) is 33.2 Å². The van der Waals surface area contributed by atoms with Gasteiger partial charge in [-0.25, -0.2) is 0 Å². The van der Waals surface area contributed by atoms with Gasteiger partial charge in [0.15, 0.2) is 0 Å². The fourth-order valence-electron chi connectivity index (χ4n) is 2.46. The Morgan fingerprint density at radius 3 is 2.50 bits per heavy atom. The number of carbonyl (C=O) groups is 1. The highest BCUT2D eigenvalue weighted by Gasteiger charge is 2.20. The number of nitrogens with zero attached hydrogens (tertiary/aromatic N) is 2. The molecule has 110 valence electrons. The average molecular weight is 275 g/mol. The second-order valence-electron chi connectivity index (χ2n) is 5.62. The van der Waals surface area contributed by atoms with Crippen molar-refractivity contribution in [2.75, 3.05) is 39.8 Å². The average Bonchev–Trinajstić information content (AvgIpc) is 2.47. The van der Waals surface area contributed by atoms with Gasteiger partial charge >= 0.3 is 0 Å². The minimum Gasteiger partial charge on any atom is -0.338 e. The third-order valence-electron chi connectivity index (χ3n) is 4.10. The van der Waals surface area contributed by atoms with E-state index in [4.69, 9.17) is 0 Å². The Hall–Kier alpha value is -1.39. The molecular formula is C16H25N3O. The second-order valence-corrected chi connectivity index (χ2v) is 5.62. The first-order valence-corrected chi connectivity index (χ1v) is 7.33. The molecule has 1 aromatic rings. The summed E-state index contributed by atoms with van der Waals surface area (Å²) in [5.74, 6) is 0.194. The maximum Gasteiger partial charge on any atom is 0.236 e. The van der Waals surface area contributed by atoms with Crippen LogP contribution in [0.2, 0.25) is 0 Å². The Morgan fingerprint density at radius 1 is 1.30 bits per heavy atom.